The number of nitrogens with one attached hydrogen (secondary N) is 1. The van der Waals surface area contributed by atoms with Gasteiger partial charge in [-0.25, -0.2) is 0 Å². The number of aliphatic hydroxyl groups excluding tert-OH is 1. The minimum absolute atomic E-state index is 0.145. The molecule has 0 radical (unpaired) electrons. The topological polar surface area (TPSA) is 49.3 Å². The SMILES string of the molecule is CCCC(=O)NCC1(CCO)CC1. The Kier molecular flexibility index (Phi) is 3.72. The van der Waals surface area contributed by atoms with Gasteiger partial charge in [-0.05, 0) is 31.1 Å². The Balaban J connectivity index is 2.14. The Morgan fingerprint density at radius 1 is 1.54 bits per heavy atom. The molecule has 0 atom stereocenters. The van der Waals surface area contributed by atoms with Gasteiger partial charge in [-0.1, -0.05) is 6.92 Å². The van der Waals surface area contributed by atoms with Gasteiger partial charge in [-0.15, -0.1) is 0 Å². The Morgan fingerprint density at radius 2 is 2.23 bits per heavy atom. The van der Waals surface area contributed by atoms with Gasteiger partial charge in [0.15, 0.2) is 0 Å². The molecule has 0 bridgehead atoms. The molecule has 0 aliphatic heterocycles. The van der Waals surface area contributed by atoms with E-state index in [9.17, 15) is 4.79 Å². The molecule has 1 aliphatic carbocycles. The smallest absolute Gasteiger partial charge is 0.220 e. The van der Waals surface area contributed by atoms with Crippen molar-refractivity contribution < 1.29 is 9.90 Å². The predicted octanol–water partition coefficient (Wildman–Crippen LogP) is 1.07. The number of amides is 1. The van der Waals surface area contributed by atoms with Crippen molar-refractivity contribution in [3.05, 3.63) is 0 Å². The van der Waals surface area contributed by atoms with Crippen LogP contribution in [-0.2, 0) is 4.79 Å². The Labute approximate surface area is 79.5 Å². The molecule has 0 unspecified atom stereocenters. The third-order valence-electron chi connectivity index (χ3n) is 2.74. The van der Waals surface area contributed by atoms with Gasteiger partial charge in [0, 0.05) is 19.6 Å². The largest absolute Gasteiger partial charge is 0.396 e. The summed E-state index contributed by atoms with van der Waals surface area (Å²) in [7, 11) is 0. The zero-order chi connectivity index (χ0) is 9.73. The Hall–Kier alpha value is -0.570. The summed E-state index contributed by atoms with van der Waals surface area (Å²) in [5, 5.41) is 11.7. The molecule has 0 aromatic rings. The molecule has 1 saturated carbocycles. The fraction of sp³-hybridized carbons (Fsp3) is 0.900. The Morgan fingerprint density at radius 3 is 2.69 bits per heavy atom. The van der Waals surface area contributed by atoms with Crippen molar-refractivity contribution in [1.82, 2.24) is 5.32 Å². The molecule has 3 nitrogen and oxygen atoms in total. The average molecular weight is 185 g/mol. The second kappa shape index (κ2) is 4.61. The molecule has 0 spiro atoms. The summed E-state index contributed by atoms with van der Waals surface area (Å²) in [6, 6.07) is 0. The summed E-state index contributed by atoms with van der Waals surface area (Å²) in [5.74, 6) is 0.145. The summed E-state index contributed by atoms with van der Waals surface area (Å²) >= 11 is 0. The molecule has 1 rings (SSSR count). The van der Waals surface area contributed by atoms with E-state index in [0.29, 0.717) is 6.42 Å². The van der Waals surface area contributed by atoms with E-state index in [1.165, 1.54) is 0 Å². The zero-order valence-electron chi connectivity index (χ0n) is 8.31. The predicted molar refractivity (Wildman–Crippen MR) is 51.3 cm³/mol. The van der Waals surface area contributed by atoms with Gasteiger partial charge < -0.3 is 10.4 Å². The first kappa shape index (κ1) is 10.5. The maximum absolute atomic E-state index is 11.1. The molecule has 0 saturated heterocycles. The minimum Gasteiger partial charge on any atom is -0.396 e. The van der Waals surface area contributed by atoms with E-state index in [2.05, 4.69) is 5.32 Å². The molecule has 76 valence electrons. The van der Waals surface area contributed by atoms with Crippen LogP contribution >= 0.6 is 0 Å². The van der Waals surface area contributed by atoms with Crippen molar-refractivity contribution in [2.24, 2.45) is 5.41 Å². The third-order valence-corrected chi connectivity index (χ3v) is 2.74. The highest BCUT2D eigenvalue weighted by Gasteiger charge is 2.41. The quantitative estimate of drug-likeness (QED) is 0.650. The molecule has 2 N–H and O–H groups in total. The van der Waals surface area contributed by atoms with E-state index in [4.69, 9.17) is 5.11 Å². The summed E-state index contributed by atoms with van der Waals surface area (Å²) in [6.07, 6.45) is 4.66. The first-order valence-corrected chi connectivity index (χ1v) is 5.10. The second-order valence-electron chi connectivity index (χ2n) is 4.00. The molecule has 0 aromatic carbocycles. The number of rotatable bonds is 6. The average Bonchev–Trinajstić information content (AvgIpc) is 2.84. The molecular weight excluding hydrogens is 166 g/mol. The number of carbonyl (C=O) groups is 1. The van der Waals surface area contributed by atoms with Crippen molar-refractivity contribution in [2.45, 2.75) is 39.0 Å². The van der Waals surface area contributed by atoms with Crippen molar-refractivity contribution in [3.63, 3.8) is 0 Å². The lowest BCUT2D eigenvalue weighted by Crippen LogP contribution is -2.30. The van der Waals surface area contributed by atoms with Gasteiger partial charge in [0.25, 0.3) is 0 Å². The van der Waals surface area contributed by atoms with E-state index in [0.717, 1.165) is 32.2 Å². The van der Waals surface area contributed by atoms with Crippen LogP contribution in [-0.4, -0.2) is 24.2 Å². The van der Waals surface area contributed by atoms with E-state index in [-0.39, 0.29) is 17.9 Å². The lowest BCUT2D eigenvalue weighted by molar-refractivity contribution is -0.121. The van der Waals surface area contributed by atoms with Crippen LogP contribution in [0.5, 0.6) is 0 Å². The van der Waals surface area contributed by atoms with Gasteiger partial charge >= 0.3 is 0 Å². The van der Waals surface area contributed by atoms with Gasteiger partial charge in [0.1, 0.15) is 0 Å². The second-order valence-corrected chi connectivity index (χ2v) is 4.00. The van der Waals surface area contributed by atoms with Gasteiger partial charge in [-0.2, -0.15) is 0 Å². The lowest BCUT2D eigenvalue weighted by Gasteiger charge is -2.14. The van der Waals surface area contributed by atoms with E-state index < -0.39 is 0 Å². The van der Waals surface area contributed by atoms with Gasteiger partial charge in [0.2, 0.25) is 5.91 Å². The Bertz CT molecular complexity index is 176. The third kappa shape index (κ3) is 3.35. The summed E-state index contributed by atoms with van der Waals surface area (Å²) in [6.45, 7) is 3.00. The van der Waals surface area contributed by atoms with Gasteiger partial charge in [-0.3, -0.25) is 4.79 Å². The molecule has 1 amide bonds. The maximum atomic E-state index is 11.1. The van der Waals surface area contributed by atoms with Crippen LogP contribution in [0.25, 0.3) is 0 Å². The van der Waals surface area contributed by atoms with Crippen molar-refractivity contribution in [2.75, 3.05) is 13.2 Å². The number of aliphatic hydroxyl groups is 1. The standard InChI is InChI=1S/C10H19NO2/c1-2-3-9(13)11-8-10(4-5-10)6-7-12/h12H,2-8H2,1H3,(H,11,13). The minimum atomic E-state index is 0.145. The van der Waals surface area contributed by atoms with Gasteiger partial charge in [0.05, 0.1) is 0 Å². The molecule has 1 fully saturated rings. The fourth-order valence-electron chi connectivity index (χ4n) is 1.53. The number of hydrogen-bond acceptors (Lipinski definition) is 2. The summed E-state index contributed by atoms with van der Waals surface area (Å²) in [4.78, 5) is 11.1. The van der Waals surface area contributed by atoms with Crippen LogP contribution in [0.2, 0.25) is 0 Å². The van der Waals surface area contributed by atoms with E-state index >= 15 is 0 Å². The van der Waals surface area contributed by atoms with Crippen molar-refractivity contribution >= 4 is 5.91 Å². The monoisotopic (exact) mass is 185 g/mol. The molecule has 1 aliphatic rings. The fourth-order valence-corrected chi connectivity index (χ4v) is 1.53. The van der Waals surface area contributed by atoms with Crippen LogP contribution < -0.4 is 5.32 Å². The molecule has 0 aromatic heterocycles. The zero-order valence-corrected chi connectivity index (χ0v) is 8.31. The normalized spacial score (nSPS) is 18.3. The maximum Gasteiger partial charge on any atom is 0.220 e. The van der Waals surface area contributed by atoms with Crippen molar-refractivity contribution in [3.8, 4) is 0 Å². The lowest BCUT2D eigenvalue weighted by atomic mass is 10.0. The number of carbonyl (C=O) groups excluding carboxylic acids is 1. The highest BCUT2D eigenvalue weighted by atomic mass is 16.3. The summed E-state index contributed by atoms with van der Waals surface area (Å²) in [5.41, 5.74) is 0.248. The molecule has 13 heavy (non-hydrogen) atoms. The number of hydrogen-bond donors (Lipinski definition) is 2. The van der Waals surface area contributed by atoms with Crippen molar-refractivity contribution in [1.29, 1.82) is 0 Å². The van der Waals surface area contributed by atoms with E-state index in [1.54, 1.807) is 0 Å². The van der Waals surface area contributed by atoms with Crippen LogP contribution in [0, 0.1) is 5.41 Å². The highest BCUT2D eigenvalue weighted by molar-refractivity contribution is 5.75. The first-order valence-electron chi connectivity index (χ1n) is 5.10. The molecule has 3 heteroatoms. The van der Waals surface area contributed by atoms with Crippen LogP contribution in [0.4, 0.5) is 0 Å². The van der Waals surface area contributed by atoms with Crippen LogP contribution in [0.15, 0.2) is 0 Å². The van der Waals surface area contributed by atoms with E-state index in [1.807, 2.05) is 6.92 Å². The van der Waals surface area contributed by atoms with Crippen LogP contribution in [0.1, 0.15) is 39.0 Å². The first-order chi connectivity index (χ1) is 6.22. The van der Waals surface area contributed by atoms with Crippen LogP contribution in [0.3, 0.4) is 0 Å². The highest BCUT2D eigenvalue weighted by Crippen LogP contribution is 2.47. The molecular formula is C10H19NO2. The summed E-state index contributed by atoms with van der Waals surface area (Å²) < 4.78 is 0. The molecule has 0 heterocycles.